The number of fused-ring (bicyclic) bond motifs is 1. The van der Waals surface area contributed by atoms with Crippen molar-refractivity contribution in [2.24, 2.45) is 5.92 Å². The number of amides is 1. The molecule has 2 aromatic rings. The Balaban J connectivity index is 1.37. The summed E-state index contributed by atoms with van der Waals surface area (Å²) in [7, 11) is 0. The molecule has 0 aliphatic carbocycles. The zero-order chi connectivity index (χ0) is 14.9. The summed E-state index contributed by atoms with van der Waals surface area (Å²) in [4.78, 5) is 23.0. The van der Waals surface area contributed by atoms with E-state index in [-0.39, 0.29) is 5.92 Å². The van der Waals surface area contributed by atoms with Crippen LogP contribution in [0.25, 0.3) is 0 Å². The van der Waals surface area contributed by atoms with Gasteiger partial charge in [0, 0.05) is 48.6 Å². The molecule has 6 heteroatoms. The van der Waals surface area contributed by atoms with Gasteiger partial charge >= 0.3 is 0 Å². The molecule has 0 N–H and O–H groups in total. The number of aromatic nitrogens is 1. The number of nitrogens with zero attached hydrogens (tertiary/aromatic N) is 3. The molecule has 22 heavy (non-hydrogen) atoms. The number of carbonyl (C=O) groups is 1. The Hall–Kier alpha value is -1.40. The Labute approximate surface area is 138 Å². The first-order valence-electron chi connectivity index (χ1n) is 7.80. The van der Waals surface area contributed by atoms with Crippen LogP contribution in [0, 0.1) is 5.92 Å². The minimum atomic E-state index is 0.191. The molecular weight excluding hydrogens is 314 g/mol. The van der Waals surface area contributed by atoms with Crippen molar-refractivity contribution in [1.29, 1.82) is 0 Å². The highest BCUT2D eigenvalue weighted by atomic mass is 32.1. The van der Waals surface area contributed by atoms with Crippen LogP contribution >= 0.6 is 22.7 Å². The van der Waals surface area contributed by atoms with Crippen molar-refractivity contribution in [2.75, 3.05) is 24.5 Å². The second-order valence-electron chi connectivity index (χ2n) is 5.95. The molecule has 0 spiro atoms. The van der Waals surface area contributed by atoms with Crippen LogP contribution in [0.2, 0.25) is 0 Å². The van der Waals surface area contributed by atoms with Crippen molar-refractivity contribution >= 4 is 33.7 Å². The maximum absolute atomic E-state index is 12.8. The minimum absolute atomic E-state index is 0.191. The molecule has 1 saturated heterocycles. The summed E-state index contributed by atoms with van der Waals surface area (Å²) in [6.07, 6.45) is 4.77. The van der Waals surface area contributed by atoms with Crippen LogP contribution < -0.4 is 4.90 Å². The number of anilines is 1. The van der Waals surface area contributed by atoms with Crippen LogP contribution in [-0.4, -0.2) is 35.4 Å². The van der Waals surface area contributed by atoms with Crippen LogP contribution in [0.5, 0.6) is 0 Å². The van der Waals surface area contributed by atoms with E-state index in [9.17, 15) is 4.79 Å². The zero-order valence-corrected chi connectivity index (χ0v) is 14.0. The first-order valence-corrected chi connectivity index (χ1v) is 9.55. The first kappa shape index (κ1) is 14.2. The van der Waals surface area contributed by atoms with Gasteiger partial charge in [-0.2, -0.15) is 0 Å². The van der Waals surface area contributed by atoms with Crippen molar-refractivity contribution in [3.8, 4) is 0 Å². The second kappa shape index (κ2) is 6.01. The number of thiophene rings is 1. The SMILES string of the molecule is O=C(C1CCN(c2nccs2)CC1)N1CCc2sccc2C1. The fourth-order valence-electron chi connectivity index (χ4n) is 3.38. The Bertz CT molecular complexity index is 644. The quantitative estimate of drug-likeness (QED) is 0.848. The molecular formula is C16H19N3OS2. The predicted octanol–water partition coefficient (Wildman–Crippen LogP) is 3.01. The number of hydrogen-bond acceptors (Lipinski definition) is 5. The maximum Gasteiger partial charge on any atom is 0.226 e. The summed E-state index contributed by atoms with van der Waals surface area (Å²) in [6, 6.07) is 2.17. The lowest BCUT2D eigenvalue weighted by Gasteiger charge is -2.35. The van der Waals surface area contributed by atoms with Gasteiger partial charge < -0.3 is 9.80 Å². The fraction of sp³-hybridized carbons (Fsp3) is 0.500. The van der Waals surface area contributed by atoms with Crippen LogP contribution in [0.4, 0.5) is 5.13 Å². The summed E-state index contributed by atoms with van der Waals surface area (Å²) in [5.74, 6) is 0.548. The van der Waals surface area contributed by atoms with Crippen molar-refractivity contribution in [2.45, 2.75) is 25.8 Å². The summed E-state index contributed by atoms with van der Waals surface area (Å²) < 4.78 is 0. The van der Waals surface area contributed by atoms with E-state index in [4.69, 9.17) is 0 Å². The van der Waals surface area contributed by atoms with E-state index in [1.807, 2.05) is 22.9 Å². The summed E-state index contributed by atoms with van der Waals surface area (Å²) in [5, 5.41) is 5.25. The molecule has 0 aromatic carbocycles. The summed E-state index contributed by atoms with van der Waals surface area (Å²) >= 11 is 3.50. The van der Waals surface area contributed by atoms with Crippen LogP contribution in [-0.2, 0) is 17.8 Å². The molecule has 2 aliphatic rings. The van der Waals surface area contributed by atoms with Crippen LogP contribution in [0.3, 0.4) is 0 Å². The molecule has 1 fully saturated rings. The van der Waals surface area contributed by atoms with E-state index in [2.05, 4.69) is 26.2 Å². The second-order valence-corrected chi connectivity index (χ2v) is 7.83. The van der Waals surface area contributed by atoms with Gasteiger partial charge in [0.15, 0.2) is 5.13 Å². The van der Waals surface area contributed by atoms with Gasteiger partial charge in [-0.1, -0.05) is 0 Å². The van der Waals surface area contributed by atoms with E-state index >= 15 is 0 Å². The van der Waals surface area contributed by atoms with Gasteiger partial charge in [-0.25, -0.2) is 4.98 Å². The van der Waals surface area contributed by atoms with E-state index in [1.165, 1.54) is 10.4 Å². The van der Waals surface area contributed by atoms with E-state index in [1.54, 1.807) is 11.3 Å². The van der Waals surface area contributed by atoms with E-state index in [0.717, 1.165) is 50.6 Å². The molecule has 0 radical (unpaired) electrons. The van der Waals surface area contributed by atoms with Crippen molar-refractivity contribution < 1.29 is 4.79 Å². The van der Waals surface area contributed by atoms with Crippen LogP contribution in [0.15, 0.2) is 23.0 Å². The Morgan fingerprint density at radius 3 is 2.82 bits per heavy atom. The highest BCUT2D eigenvalue weighted by Gasteiger charge is 2.31. The molecule has 0 saturated carbocycles. The molecule has 4 nitrogen and oxygen atoms in total. The van der Waals surface area contributed by atoms with Crippen LogP contribution in [0.1, 0.15) is 23.3 Å². The number of rotatable bonds is 2. The maximum atomic E-state index is 12.8. The lowest BCUT2D eigenvalue weighted by molar-refractivity contribution is -0.137. The standard InChI is InChI=1S/C16H19N3OS2/c20-15(19-8-3-14-13(11-19)4-9-21-14)12-1-6-18(7-2-12)16-17-5-10-22-16/h4-5,9-10,12H,1-3,6-8,11H2. The highest BCUT2D eigenvalue weighted by molar-refractivity contribution is 7.13. The molecule has 0 unspecified atom stereocenters. The summed E-state index contributed by atoms with van der Waals surface area (Å²) in [6.45, 7) is 3.59. The van der Waals surface area contributed by atoms with Gasteiger partial charge in [0.2, 0.25) is 5.91 Å². The van der Waals surface area contributed by atoms with Gasteiger partial charge in [0.25, 0.3) is 0 Å². The normalized spacial score (nSPS) is 19.3. The summed E-state index contributed by atoms with van der Waals surface area (Å²) in [5.41, 5.74) is 1.35. The molecule has 4 rings (SSSR count). The molecule has 0 atom stereocenters. The number of piperidine rings is 1. The Morgan fingerprint density at radius 1 is 1.18 bits per heavy atom. The molecule has 4 heterocycles. The average molecular weight is 333 g/mol. The van der Waals surface area contributed by atoms with Gasteiger partial charge in [0.05, 0.1) is 0 Å². The molecule has 2 aliphatic heterocycles. The highest BCUT2D eigenvalue weighted by Crippen LogP contribution is 2.29. The average Bonchev–Trinajstić information content (AvgIpc) is 3.25. The predicted molar refractivity (Wildman–Crippen MR) is 90.5 cm³/mol. The molecule has 1 amide bonds. The smallest absolute Gasteiger partial charge is 0.226 e. The minimum Gasteiger partial charge on any atom is -0.348 e. The fourth-order valence-corrected chi connectivity index (χ4v) is 4.97. The number of carbonyl (C=O) groups excluding carboxylic acids is 1. The lowest BCUT2D eigenvalue weighted by Crippen LogP contribution is -2.44. The van der Waals surface area contributed by atoms with Gasteiger partial charge in [-0.15, -0.1) is 22.7 Å². The van der Waals surface area contributed by atoms with Crippen molar-refractivity contribution in [1.82, 2.24) is 9.88 Å². The third kappa shape index (κ3) is 2.65. The molecule has 0 bridgehead atoms. The third-order valence-electron chi connectivity index (χ3n) is 4.65. The molecule has 2 aromatic heterocycles. The zero-order valence-electron chi connectivity index (χ0n) is 12.4. The van der Waals surface area contributed by atoms with Gasteiger partial charge in [-0.05, 0) is 36.3 Å². The van der Waals surface area contributed by atoms with Crippen molar-refractivity contribution in [3.63, 3.8) is 0 Å². The third-order valence-corrected chi connectivity index (χ3v) is 6.51. The van der Waals surface area contributed by atoms with Gasteiger partial charge in [-0.3, -0.25) is 4.79 Å². The number of hydrogen-bond donors (Lipinski definition) is 0. The van der Waals surface area contributed by atoms with Crippen molar-refractivity contribution in [3.05, 3.63) is 33.5 Å². The Kier molecular flexibility index (Phi) is 3.88. The van der Waals surface area contributed by atoms with Gasteiger partial charge in [0.1, 0.15) is 0 Å². The Morgan fingerprint density at radius 2 is 2.05 bits per heavy atom. The van der Waals surface area contributed by atoms with E-state index in [0.29, 0.717) is 5.91 Å². The number of thiazole rings is 1. The largest absolute Gasteiger partial charge is 0.348 e. The monoisotopic (exact) mass is 333 g/mol. The lowest BCUT2D eigenvalue weighted by atomic mass is 9.94. The molecule has 116 valence electrons. The topological polar surface area (TPSA) is 36.4 Å². The first-order chi connectivity index (χ1) is 10.8. The van der Waals surface area contributed by atoms with E-state index < -0.39 is 0 Å².